The molecule has 1 N–H and O–H groups in total. The van der Waals surface area contributed by atoms with Gasteiger partial charge in [-0.25, -0.2) is 4.79 Å². The summed E-state index contributed by atoms with van der Waals surface area (Å²) in [7, 11) is 1.51. The van der Waals surface area contributed by atoms with E-state index >= 15 is 0 Å². The number of halogens is 1. The highest BCUT2D eigenvalue weighted by molar-refractivity contribution is 6.31. The molecule has 1 aromatic heterocycles. The lowest BCUT2D eigenvalue weighted by molar-refractivity contribution is -0.131. The van der Waals surface area contributed by atoms with Crippen molar-refractivity contribution in [2.45, 2.75) is 0 Å². The average Bonchev–Trinajstić information content (AvgIpc) is 3.14. The molecule has 0 saturated carbocycles. The fourth-order valence-corrected chi connectivity index (χ4v) is 2.96. The molecule has 0 radical (unpaired) electrons. The van der Waals surface area contributed by atoms with Crippen molar-refractivity contribution >= 4 is 29.4 Å². The summed E-state index contributed by atoms with van der Waals surface area (Å²) in [5.74, 6) is -0.831. The van der Waals surface area contributed by atoms with Gasteiger partial charge in [-0.2, -0.15) is 0 Å². The van der Waals surface area contributed by atoms with Crippen molar-refractivity contribution in [1.29, 1.82) is 0 Å². The largest absolute Gasteiger partial charge is 0.496 e. The number of methoxy groups -OCH3 is 1. The maximum Gasteiger partial charge on any atom is 0.328 e. The number of benzene rings is 2. The molecule has 0 saturated heterocycles. The second-order valence-electron chi connectivity index (χ2n) is 5.67. The Labute approximate surface area is 161 Å². The first-order valence-corrected chi connectivity index (χ1v) is 8.45. The molecule has 136 valence electrons. The number of carbonyl (C=O) groups is 2. The van der Waals surface area contributed by atoms with Crippen LogP contribution >= 0.6 is 11.6 Å². The molecule has 0 aliphatic carbocycles. The monoisotopic (exact) mass is 381 g/mol. The number of hydrogen-bond donors (Lipinski definition) is 1. The molecule has 3 aromatic rings. The summed E-state index contributed by atoms with van der Waals surface area (Å²) in [4.78, 5) is 24.0. The van der Waals surface area contributed by atoms with E-state index in [-0.39, 0.29) is 5.78 Å². The molecule has 2 aromatic carbocycles. The smallest absolute Gasteiger partial charge is 0.328 e. The van der Waals surface area contributed by atoms with Crippen LogP contribution in [0.25, 0.3) is 11.8 Å². The zero-order valence-corrected chi connectivity index (χ0v) is 15.2. The number of hydrogen-bond acceptors (Lipinski definition) is 3. The van der Waals surface area contributed by atoms with Crippen LogP contribution in [0.2, 0.25) is 5.02 Å². The quantitative estimate of drug-likeness (QED) is 0.505. The van der Waals surface area contributed by atoms with Gasteiger partial charge in [0.25, 0.3) is 0 Å². The van der Waals surface area contributed by atoms with Crippen LogP contribution in [-0.4, -0.2) is 28.5 Å². The molecule has 0 amide bonds. The molecule has 0 aliphatic heterocycles. The van der Waals surface area contributed by atoms with Crippen LogP contribution in [0, 0.1) is 0 Å². The van der Waals surface area contributed by atoms with Gasteiger partial charge in [-0.3, -0.25) is 4.79 Å². The van der Waals surface area contributed by atoms with Crippen molar-refractivity contribution in [1.82, 2.24) is 4.57 Å². The Kier molecular flexibility index (Phi) is 5.43. The van der Waals surface area contributed by atoms with Crippen LogP contribution in [0.4, 0.5) is 0 Å². The summed E-state index contributed by atoms with van der Waals surface area (Å²) in [6, 6.07) is 15.5. The summed E-state index contributed by atoms with van der Waals surface area (Å²) in [5, 5.41) is 9.30. The summed E-state index contributed by atoms with van der Waals surface area (Å²) in [6.07, 6.45) is 4.27. The van der Waals surface area contributed by atoms with Gasteiger partial charge in [0.15, 0.2) is 5.78 Å². The maximum absolute atomic E-state index is 13.2. The first kappa shape index (κ1) is 18.5. The van der Waals surface area contributed by atoms with Crippen LogP contribution in [-0.2, 0) is 4.79 Å². The van der Waals surface area contributed by atoms with Crippen molar-refractivity contribution in [3.8, 4) is 11.4 Å². The summed E-state index contributed by atoms with van der Waals surface area (Å²) in [5.41, 5.74) is 2.01. The minimum atomic E-state index is -1.05. The fourth-order valence-electron chi connectivity index (χ4n) is 2.78. The van der Waals surface area contributed by atoms with Gasteiger partial charge in [-0.15, -0.1) is 0 Å². The Hall–Kier alpha value is -3.31. The van der Waals surface area contributed by atoms with Gasteiger partial charge >= 0.3 is 5.97 Å². The highest BCUT2D eigenvalue weighted by Gasteiger charge is 2.19. The SMILES string of the molecule is COc1ccccc1C(=O)c1cc(Cl)ccc1-n1cccc1/C=C/C(=O)O. The lowest BCUT2D eigenvalue weighted by atomic mass is 10.0. The van der Waals surface area contributed by atoms with Crippen LogP contribution in [0.3, 0.4) is 0 Å². The number of ether oxygens (including phenoxy) is 1. The van der Waals surface area contributed by atoms with Crippen molar-refractivity contribution in [2.24, 2.45) is 0 Å². The van der Waals surface area contributed by atoms with E-state index in [0.29, 0.717) is 33.3 Å². The molecule has 3 rings (SSSR count). The third-order valence-corrected chi connectivity index (χ3v) is 4.23. The topological polar surface area (TPSA) is 68.5 Å². The van der Waals surface area contributed by atoms with Crippen molar-refractivity contribution in [3.05, 3.63) is 88.7 Å². The summed E-state index contributed by atoms with van der Waals surface area (Å²) < 4.78 is 7.03. The van der Waals surface area contributed by atoms with E-state index in [4.69, 9.17) is 21.4 Å². The minimum absolute atomic E-state index is 0.244. The zero-order valence-electron chi connectivity index (χ0n) is 14.4. The van der Waals surface area contributed by atoms with Gasteiger partial charge in [-0.05, 0) is 48.5 Å². The van der Waals surface area contributed by atoms with E-state index in [2.05, 4.69) is 0 Å². The number of carboxylic acid groups (broad SMARTS) is 1. The Balaban J connectivity index is 2.14. The second kappa shape index (κ2) is 7.93. The summed E-state index contributed by atoms with van der Waals surface area (Å²) >= 11 is 6.14. The zero-order chi connectivity index (χ0) is 19.4. The molecule has 6 heteroatoms. The molecule has 0 aliphatic rings. The Morgan fingerprint density at radius 1 is 1.07 bits per heavy atom. The standard InChI is InChI=1S/C21H16ClNO4/c1-27-19-7-3-2-6-16(19)21(26)17-13-14(22)8-10-18(17)23-12-4-5-15(23)9-11-20(24)25/h2-13H,1H3,(H,24,25)/b11-9+. The first-order chi connectivity index (χ1) is 13.0. The van der Waals surface area contributed by atoms with Crippen LogP contribution in [0.5, 0.6) is 5.75 Å². The van der Waals surface area contributed by atoms with E-state index in [9.17, 15) is 9.59 Å². The number of nitrogens with zero attached hydrogens (tertiary/aromatic N) is 1. The molecule has 27 heavy (non-hydrogen) atoms. The fraction of sp³-hybridized carbons (Fsp3) is 0.0476. The van der Waals surface area contributed by atoms with E-state index in [1.165, 1.54) is 13.2 Å². The number of ketones is 1. The lowest BCUT2D eigenvalue weighted by Gasteiger charge is -2.14. The van der Waals surface area contributed by atoms with Crippen molar-refractivity contribution in [3.63, 3.8) is 0 Å². The van der Waals surface area contributed by atoms with Gasteiger partial charge < -0.3 is 14.4 Å². The van der Waals surface area contributed by atoms with E-state index in [1.807, 2.05) is 0 Å². The second-order valence-corrected chi connectivity index (χ2v) is 6.10. The van der Waals surface area contributed by atoms with Crippen molar-refractivity contribution < 1.29 is 19.4 Å². The Bertz CT molecular complexity index is 1040. The number of carbonyl (C=O) groups excluding carboxylic acids is 1. The molecule has 0 unspecified atom stereocenters. The highest BCUT2D eigenvalue weighted by atomic mass is 35.5. The van der Waals surface area contributed by atoms with Crippen molar-refractivity contribution in [2.75, 3.05) is 7.11 Å². The highest BCUT2D eigenvalue weighted by Crippen LogP contribution is 2.28. The van der Waals surface area contributed by atoms with Gasteiger partial charge in [0.1, 0.15) is 5.75 Å². The number of carboxylic acids is 1. The predicted molar refractivity (Wildman–Crippen MR) is 104 cm³/mol. The van der Waals surface area contributed by atoms with Gasteiger partial charge in [-0.1, -0.05) is 23.7 Å². The van der Waals surface area contributed by atoms with E-state index in [0.717, 1.165) is 6.08 Å². The predicted octanol–water partition coefficient (Wildman–Crippen LogP) is 4.47. The molecular formula is C21H16ClNO4. The molecule has 0 atom stereocenters. The average molecular weight is 382 g/mol. The lowest BCUT2D eigenvalue weighted by Crippen LogP contribution is -2.09. The number of aromatic nitrogens is 1. The Morgan fingerprint density at radius 3 is 2.59 bits per heavy atom. The minimum Gasteiger partial charge on any atom is -0.496 e. The van der Waals surface area contributed by atoms with Gasteiger partial charge in [0, 0.05) is 28.6 Å². The number of aliphatic carboxylic acids is 1. The van der Waals surface area contributed by atoms with Gasteiger partial charge in [0.05, 0.1) is 18.4 Å². The maximum atomic E-state index is 13.2. The molecule has 0 fully saturated rings. The van der Waals surface area contributed by atoms with E-state index < -0.39 is 5.97 Å². The van der Waals surface area contributed by atoms with E-state index in [1.54, 1.807) is 65.4 Å². The normalized spacial score (nSPS) is 10.9. The summed E-state index contributed by atoms with van der Waals surface area (Å²) in [6.45, 7) is 0. The van der Waals surface area contributed by atoms with Crippen LogP contribution in [0.15, 0.2) is 66.9 Å². The molecule has 0 bridgehead atoms. The molecular weight excluding hydrogens is 366 g/mol. The molecule has 5 nitrogen and oxygen atoms in total. The Morgan fingerprint density at radius 2 is 1.85 bits per heavy atom. The third-order valence-electron chi connectivity index (χ3n) is 3.99. The molecule has 1 heterocycles. The number of rotatable bonds is 6. The first-order valence-electron chi connectivity index (χ1n) is 8.07. The number of para-hydroxylation sites is 1. The van der Waals surface area contributed by atoms with Crippen LogP contribution < -0.4 is 4.74 Å². The third kappa shape index (κ3) is 3.93. The molecule has 0 spiro atoms. The van der Waals surface area contributed by atoms with Gasteiger partial charge in [0.2, 0.25) is 0 Å². The van der Waals surface area contributed by atoms with Crippen LogP contribution in [0.1, 0.15) is 21.6 Å².